The number of nitrogens with one attached hydrogen (secondary N) is 1. The number of aryl methyl sites for hydroxylation is 1. The van der Waals surface area contributed by atoms with E-state index in [1.807, 2.05) is 63.2 Å². The molecule has 0 saturated carbocycles. The maximum atomic E-state index is 12.8. The fourth-order valence-corrected chi connectivity index (χ4v) is 3.30. The second-order valence-corrected chi connectivity index (χ2v) is 7.26. The van der Waals surface area contributed by atoms with Crippen molar-refractivity contribution in [3.63, 3.8) is 0 Å². The van der Waals surface area contributed by atoms with Crippen LogP contribution in [0, 0.1) is 6.92 Å². The third kappa shape index (κ3) is 5.50. The Morgan fingerprint density at radius 3 is 2.66 bits per heavy atom. The Hall–Kier alpha value is -3.02. The second kappa shape index (κ2) is 9.45. The smallest absolute Gasteiger partial charge is 0.227 e. The predicted molar refractivity (Wildman–Crippen MR) is 112 cm³/mol. The first-order valence-electron chi connectivity index (χ1n) is 10.0. The van der Waals surface area contributed by atoms with Crippen LogP contribution in [0.1, 0.15) is 37.8 Å². The van der Waals surface area contributed by atoms with Gasteiger partial charge in [0.15, 0.2) is 0 Å². The SMILES string of the molecule is CCOc1ccc(CNC(=O)CCC(=O)N2C[C@@H](C)Oc3ccc(C)cc32)cc1. The van der Waals surface area contributed by atoms with Gasteiger partial charge in [0, 0.05) is 19.4 Å². The lowest BCUT2D eigenvalue weighted by Gasteiger charge is -2.33. The Morgan fingerprint density at radius 1 is 1.17 bits per heavy atom. The van der Waals surface area contributed by atoms with Crippen LogP contribution >= 0.6 is 0 Å². The lowest BCUT2D eigenvalue weighted by molar-refractivity contribution is -0.125. The van der Waals surface area contributed by atoms with Crippen molar-refractivity contribution in [1.29, 1.82) is 0 Å². The fraction of sp³-hybridized carbons (Fsp3) is 0.391. The maximum absolute atomic E-state index is 12.8. The Balaban J connectivity index is 1.51. The number of fused-ring (bicyclic) bond motifs is 1. The molecular formula is C23H28N2O4. The number of hydrogen-bond acceptors (Lipinski definition) is 4. The summed E-state index contributed by atoms with van der Waals surface area (Å²) in [4.78, 5) is 26.7. The molecule has 1 heterocycles. The molecule has 6 nitrogen and oxygen atoms in total. The van der Waals surface area contributed by atoms with Crippen molar-refractivity contribution in [1.82, 2.24) is 5.32 Å². The van der Waals surface area contributed by atoms with Gasteiger partial charge in [-0.2, -0.15) is 0 Å². The molecule has 29 heavy (non-hydrogen) atoms. The zero-order valence-corrected chi connectivity index (χ0v) is 17.2. The molecule has 2 aromatic rings. The van der Waals surface area contributed by atoms with Crippen LogP contribution in [0.4, 0.5) is 5.69 Å². The summed E-state index contributed by atoms with van der Waals surface area (Å²) in [7, 11) is 0. The number of ether oxygens (including phenoxy) is 2. The van der Waals surface area contributed by atoms with E-state index in [0.29, 0.717) is 25.4 Å². The van der Waals surface area contributed by atoms with E-state index in [1.165, 1.54) is 0 Å². The number of amides is 2. The van der Waals surface area contributed by atoms with E-state index in [4.69, 9.17) is 9.47 Å². The molecule has 0 saturated heterocycles. The van der Waals surface area contributed by atoms with Crippen molar-refractivity contribution < 1.29 is 19.1 Å². The molecule has 1 aliphatic rings. The van der Waals surface area contributed by atoms with Gasteiger partial charge in [0.2, 0.25) is 11.8 Å². The lowest BCUT2D eigenvalue weighted by atomic mass is 10.1. The minimum Gasteiger partial charge on any atom is -0.494 e. The van der Waals surface area contributed by atoms with Crippen LogP contribution in [-0.2, 0) is 16.1 Å². The highest BCUT2D eigenvalue weighted by Crippen LogP contribution is 2.34. The van der Waals surface area contributed by atoms with Crippen LogP contribution < -0.4 is 19.7 Å². The van der Waals surface area contributed by atoms with Crippen molar-refractivity contribution in [2.75, 3.05) is 18.1 Å². The van der Waals surface area contributed by atoms with Crippen LogP contribution in [0.15, 0.2) is 42.5 Å². The normalized spacial score (nSPS) is 15.3. The molecule has 1 aliphatic heterocycles. The number of rotatable bonds is 7. The molecule has 6 heteroatoms. The zero-order chi connectivity index (χ0) is 20.8. The molecule has 0 aliphatic carbocycles. The van der Waals surface area contributed by atoms with Gasteiger partial charge < -0.3 is 19.7 Å². The first-order valence-corrected chi connectivity index (χ1v) is 10.0. The van der Waals surface area contributed by atoms with Gasteiger partial charge in [-0.25, -0.2) is 0 Å². The van der Waals surface area contributed by atoms with Crippen molar-refractivity contribution in [3.8, 4) is 11.5 Å². The van der Waals surface area contributed by atoms with E-state index in [9.17, 15) is 9.59 Å². The summed E-state index contributed by atoms with van der Waals surface area (Å²) in [5, 5.41) is 2.87. The minimum absolute atomic E-state index is 0.0665. The molecule has 0 spiro atoms. The predicted octanol–water partition coefficient (Wildman–Crippen LogP) is 3.60. The number of hydrogen-bond donors (Lipinski definition) is 1. The van der Waals surface area contributed by atoms with E-state index in [2.05, 4.69) is 5.32 Å². The summed E-state index contributed by atoms with van der Waals surface area (Å²) in [5.41, 5.74) is 2.83. The highest BCUT2D eigenvalue weighted by Gasteiger charge is 2.27. The monoisotopic (exact) mass is 396 g/mol. The van der Waals surface area contributed by atoms with Gasteiger partial charge in [0.25, 0.3) is 0 Å². The molecule has 0 radical (unpaired) electrons. The summed E-state index contributed by atoms with van der Waals surface area (Å²) >= 11 is 0. The molecule has 0 aromatic heterocycles. The number of carbonyl (C=O) groups is 2. The Morgan fingerprint density at radius 2 is 1.93 bits per heavy atom. The molecule has 2 aromatic carbocycles. The first-order chi connectivity index (χ1) is 14.0. The average molecular weight is 396 g/mol. The van der Waals surface area contributed by atoms with E-state index in [1.54, 1.807) is 4.90 Å². The average Bonchev–Trinajstić information content (AvgIpc) is 2.71. The first kappa shape index (κ1) is 20.7. The fourth-order valence-electron chi connectivity index (χ4n) is 3.30. The van der Waals surface area contributed by atoms with Crippen LogP contribution in [0.25, 0.3) is 0 Å². The number of nitrogens with zero attached hydrogens (tertiary/aromatic N) is 1. The van der Waals surface area contributed by atoms with Crippen LogP contribution in [0.3, 0.4) is 0 Å². The molecule has 3 rings (SSSR count). The van der Waals surface area contributed by atoms with Crippen molar-refractivity contribution in [2.45, 2.75) is 46.3 Å². The summed E-state index contributed by atoms with van der Waals surface area (Å²) < 4.78 is 11.2. The largest absolute Gasteiger partial charge is 0.494 e. The Labute approximate surface area is 171 Å². The summed E-state index contributed by atoms with van der Waals surface area (Å²) in [6, 6.07) is 13.4. The molecule has 0 bridgehead atoms. The van der Waals surface area contributed by atoms with Crippen LogP contribution in [0.2, 0.25) is 0 Å². The van der Waals surface area contributed by atoms with E-state index in [0.717, 1.165) is 22.6 Å². The Bertz CT molecular complexity index is 864. The van der Waals surface area contributed by atoms with E-state index in [-0.39, 0.29) is 30.8 Å². The zero-order valence-electron chi connectivity index (χ0n) is 17.2. The summed E-state index contributed by atoms with van der Waals surface area (Å²) in [6.45, 7) is 7.39. The van der Waals surface area contributed by atoms with Crippen molar-refractivity contribution in [3.05, 3.63) is 53.6 Å². The molecule has 0 unspecified atom stereocenters. The van der Waals surface area contributed by atoms with Gasteiger partial charge in [-0.3, -0.25) is 9.59 Å². The third-order valence-electron chi connectivity index (χ3n) is 4.76. The van der Waals surface area contributed by atoms with Gasteiger partial charge in [-0.15, -0.1) is 0 Å². The van der Waals surface area contributed by atoms with E-state index < -0.39 is 0 Å². The number of carbonyl (C=O) groups excluding carboxylic acids is 2. The number of benzene rings is 2. The van der Waals surface area contributed by atoms with E-state index >= 15 is 0 Å². The molecule has 2 amide bonds. The molecule has 154 valence electrons. The highest BCUT2D eigenvalue weighted by atomic mass is 16.5. The lowest BCUT2D eigenvalue weighted by Crippen LogP contribution is -2.42. The highest BCUT2D eigenvalue weighted by molar-refractivity contribution is 5.97. The third-order valence-corrected chi connectivity index (χ3v) is 4.76. The van der Waals surface area contributed by atoms with Gasteiger partial charge in [0.05, 0.1) is 18.8 Å². The van der Waals surface area contributed by atoms with Crippen molar-refractivity contribution >= 4 is 17.5 Å². The van der Waals surface area contributed by atoms with Gasteiger partial charge in [-0.1, -0.05) is 18.2 Å². The maximum Gasteiger partial charge on any atom is 0.227 e. The van der Waals surface area contributed by atoms with Crippen LogP contribution in [-0.4, -0.2) is 31.1 Å². The van der Waals surface area contributed by atoms with Gasteiger partial charge in [-0.05, 0) is 56.2 Å². The second-order valence-electron chi connectivity index (χ2n) is 7.26. The number of anilines is 1. The molecular weight excluding hydrogens is 368 g/mol. The standard InChI is InChI=1S/C23H28N2O4/c1-4-28-19-8-6-18(7-9-19)14-24-22(26)11-12-23(27)25-15-17(3)29-21-10-5-16(2)13-20(21)25/h5-10,13,17H,4,11-12,14-15H2,1-3H3,(H,24,26)/t17-/m1/s1. The molecule has 1 N–H and O–H groups in total. The summed E-state index contributed by atoms with van der Waals surface area (Å²) in [5.74, 6) is 1.31. The van der Waals surface area contributed by atoms with Gasteiger partial charge in [0.1, 0.15) is 17.6 Å². The van der Waals surface area contributed by atoms with Gasteiger partial charge >= 0.3 is 0 Å². The minimum atomic E-state index is -0.141. The van der Waals surface area contributed by atoms with Crippen LogP contribution in [0.5, 0.6) is 11.5 Å². The quantitative estimate of drug-likeness (QED) is 0.776. The van der Waals surface area contributed by atoms with Crippen molar-refractivity contribution in [2.24, 2.45) is 0 Å². The Kier molecular flexibility index (Phi) is 6.75. The topological polar surface area (TPSA) is 67.9 Å². The summed E-state index contributed by atoms with van der Waals surface area (Å²) in [6.07, 6.45) is 0.237. The molecule has 0 fully saturated rings. The molecule has 1 atom stereocenters.